The van der Waals surface area contributed by atoms with Crippen molar-refractivity contribution in [3.05, 3.63) is 35.9 Å². The van der Waals surface area contributed by atoms with E-state index in [2.05, 4.69) is 0 Å². The van der Waals surface area contributed by atoms with Crippen LogP contribution in [0.25, 0.3) is 0 Å². The molecule has 0 aliphatic rings. The Labute approximate surface area is 102 Å². The SMILES string of the molecule is CCN(CC(=N)N)S(=O)(=O)Cc1ccccc1. The van der Waals surface area contributed by atoms with E-state index in [0.717, 1.165) is 5.56 Å². The van der Waals surface area contributed by atoms with Crippen LogP contribution in [0.5, 0.6) is 0 Å². The summed E-state index contributed by atoms with van der Waals surface area (Å²) in [7, 11) is -3.41. The third-order valence-electron chi connectivity index (χ3n) is 2.28. The maximum absolute atomic E-state index is 12.0. The Balaban J connectivity index is 2.83. The highest BCUT2D eigenvalue weighted by Crippen LogP contribution is 2.10. The molecule has 0 aliphatic heterocycles. The molecule has 3 N–H and O–H groups in total. The van der Waals surface area contributed by atoms with Crippen LogP contribution >= 0.6 is 0 Å². The molecule has 1 aromatic carbocycles. The molecule has 0 amide bonds. The van der Waals surface area contributed by atoms with Gasteiger partial charge in [-0.25, -0.2) is 8.42 Å². The van der Waals surface area contributed by atoms with Crippen molar-refractivity contribution in [1.82, 2.24) is 4.31 Å². The van der Waals surface area contributed by atoms with Gasteiger partial charge in [0.05, 0.1) is 12.3 Å². The molecule has 0 aliphatic carbocycles. The highest BCUT2D eigenvalue weighted by Gasteiger charge is 2.21. The van der Waals surface area contributed by atoms with Gasteiger partial charge in [-0.2, -0.15) is 4.31 Å². The lowest BCUT2D eigenvalue weighted by atomic mass is 10.2. The van der Waals surface area contributed by atoms with Gasteiger partial charge in [-0.3, -0.25) is 5.41 Å². The minimum absolute atomic E-state index is 0.0499. The summed E-state index contributed by atoms with van der Waals surface area (Å²) >= 11 is 0. The van der Waals surface area contributed by atoms with Crippen LogP contribution in [0.15, 0.2) is 30.3 Å². The van der Waals surface area contributed by atoms with Crippen LogP contribution in [0.4, 0.5) is 0 Å². The molecular formula is C11H17N3O2S. The molecular weight excluding hydrogens is 238 g/mol. The fourth-order valence-electron chi connectivity index (χ4n) is 1.47. The van der Waals surface area contributed by atoms with Gasteiger partial charge >= 0.3 is 0 Å². The topological polar surface area (TPSA) is 87.2 Å². The Morgan fingerprint density at radius 2 is 1.94 bits per heavy atom. The van der Waals surface area contributed by atoms with Crippen molar-refractivity contribution < 1.29 is 8.42 Å². The molecule has 5 nitrogen and oxygen atoms in total. The molecule has 1 rings (SSSR count). The molecule has 94 valence electrons. The van der Waals surface area contributed by atoms with Gasteiger partial charge in [0.25, 0.3) is 0 Å². The summed E-state index contributed by atoms with van der Waals surface area (Å²) in [4.78, 5) is 0. The van der Waals surface area contributed by atoms with Crippen LogP contribution in [-0.4, -0.2) is 31.6 Å². The van der Waals surface area contributed by atoms with E-state index in [1.165, 1.54) is 4.31 Å². The zero-order chi connectivity index (χ0) is 12.9. The van der Waals surface area contributed by atoms with Crippen molar-refractivity contribution in [2.24, 2.45) is 5.73 Å². The number of nitrogens with zero attached hydrogens (tertiary/aromatic N) is 1. The third kappa shape index (κ3) is 4.16. The van der Waals surface area contributed by atoms with Crippen LogP contribution in [0.3, 0.4) is 0 Å². The van der Waals surface area contributed by atoms with Gasteiger partial charge in [-0.05, 0) is 5.56 Å². The maximum Gasteiger partial charge on any atom is 0.218 e. The average molecular weight is 255 g/mol. The molecule has 0 saturated heterocycles. The predicted molar refractivity (Wildman–Crippen MR) is 68.2 cm³/mol. The zero-order valence-corrected chi connectivity index (χ0v) is 10.6. The molecule has 6 heteroatoms. The summed E-state index contributed by atoms with van der Waals surface area (Å²) in [5.41, 5.74) is 5.97. The minimum atomic E-state index is -3.41. The summed E-state index contributed by atoms with van der Waals surface area (Å²) in [6.45, 7) is 1.99. The van der Waals surface area contributed by atoms with Crippen molar-refractivity contribution in [2.45, 2.75) is 12.7 Å². The minimum Gasteiger partial charge on any atom is -0.387 e. The van der Waals surface area contributed by atoms with Crippen molar-refractivity contribution in [3.8, 4) is 0 Å². The number of amidine groups is 1. The van der Waals surface area contributed by atoms with Crippen LogP contribution < -0.4 is 5.73 Å². The van der Waals surface area contributed by atoms with Crippen LogP contribution in [0.2, 0.25) is 0 Å². The first-order valence-electron chi connectivity index (χ1n) is 5.30. The van der Waals surface area contributed by atoms with Crippen molar-refractivity contribution >= 4 is 15.9 Å². The van der Waals surface area contributed by atoms with E-state index in [9.17, 15) is 8.42 Å². The number of nitrogens with one attached hydrogen (secondary N) is 1. The number of likely N-dealkylation sites (N-methyl/N-ethyl adjacent to an activating group) is 1. The number of benzene rings is 1. The van der Waals surface area contributed by atoms with Gasteiger partial charge in [0.2, 0.25) is 10.0 Å². The number of nitrogens with two attached hydrogens (primary N) is 1. The Bertz CT molecular complexity index is 471. The zero-order valence-electron chi connectivity index (χ0n) is 9.76. The second kappa shape index (κ2) is 5.79. The van der Waals surface area contributed by atoms with E-state index in [-0.39, 0.29) is 18.1 Å². The molecule has 1 aromatic rings. The van der Waals surface area contributed by atoms with Gasteiger partial charge in [-0.15, -0.1) is 0 Å². The van der Waals surface area contributed by atoms with Crippen LogP contribution in [0.1, 0.15) is 12.5 Å². The lowest BCUT2D eigenvalue weighted by Gasteiger charge is -2.19. The highest BCUT2D eigenvalue weighted by molar-refractivity contribution is 7.88. The Kier molecular flexibility index (Phi) is 4.65. The summed E-state index contributed by atoms with van der Waals surface area (Å²) in [5.74, 6) is -0.210. The Hall–Kier alpha value is -1.40. The van der Waals surface area contributed by atoms with Gasteiger partial charge in [-0.1, -0.05) is 37.3 Å². The molecule has 0 heterocycles. The fraction of sp³-hybridized carbons (Fsp3) is 0.364. The van der Waals surface area contributed by atoms with E-state index in [0.29, 0.717) is 6.54 Å². The first-order chi connectivity index (χ1) is 7.95. The Morgan fingerprint density at radius 1 is 1.35 bits per heavy atom. The average Bonchev–Trinajstić information content (AvgIpc) is 2.26. The molecule has 0 fully saturated rings. The number of rotatable bonds is 6. The maximum atomic E-state index is 12.0. The normalized spacial score (nSPS) is 11.6. The molecule has 17 heavy (non-hydrogen) atoms. The van der Waals surface area contributed by atoms with Crippen molar-refractivity contribution in [3.63, 3.8) is 0 Å². The monoisotopic (exact) mass is 255 g/mol. The number of hydrogen-bond donors (Lipinski definition) is 2. The molecule has 0 saturated carbocycles. The first-order valence-corrected chi connectivity index (χ1v) is 6.91. The summed E-state index contributed by atoms with van der Waals surface area (Å²) in [5, 5.41) is 7.16. The van der Waals surface area contributed by atoms with E-state index >= 15 is 0 Å². The van der Waals surface area contributed by atoms with E-state index < -0.39 is 10.0 Å². The third-order valence-corrected chi connectivity index (χ3v) is 4.16. The van der Waals surface area contributed by atoms with Crippen LogP contribution in [0, 0.1) is 5.41 Å². The lowest BCUT2D eigenvalue weighted by molar-refractivity contribution is 0.465. The standard InChI is InChI=1S/C11H17N3O2S/c1-2-14(8-11(12)13)17(15,16)9-10-6-4-3-5-7-10/h3-7H,2,8-9H2,1H3,(H3,12,13). The second-order valence-electron chi connectivity index (χ2n) is 3.69. The van der Waals surface area contributed by atoms with Crippen molar-refractivity contribution in [2.75, 3.05) is 13.1 Å². The Morgan fingerprint density at radius 3 is 2.41 bits per heavy atom. The van der Waals surface area contributed by atoms with E-state index in [1.54, 1.807) is 31.2 Å². The largest absolute Gasteiger partial charge is 0.387 e. The van der Waals surface area contributed by atoms with Crippen LogP contribution in [-0.2, 0) is 15.8 Å². The molecule has 0 radical (unpaired) electrons. The van der Waals surface area contributed by atoms with Gasteiger partial charge in [0.1, 0.15) is 5.84 Å². The number of hydrogen-bond acceptors (Lipinski definition) is 3. The number of sulfonamides is 1. The quantitative estimate of drug-likeness (QED) is 0.581. The van der Waals surface area contributed by atoms with Gasteiger partial charge in [0.15, 0.2) is 0 Å². The summed E-state index contributed by atoms with van der Waals surface area (Å²) in [6.07, 6.45) is 0. The van der Waals surface area contributed by atoms with Gasteiger partial charge < -0.3 is 5.73 Å². The fourth-order valence-corrected chi connectivity index (χ4v) is 3.00. The highest BCUT2D eigenvalue weighted by atomic mass is 32.2. The first kappa shape index (κ1) is 13.7. The molecule has 0 unspecified atom stereocenters. The predicted octanol–water partition coefficient (Wildman–Crippen LogP) is 0.774. The molecule has 0 atom stereocenters. The summed E-state index contributed by atoms with van der Waals surface area (Å²) in [6, 6.07) is 8.96. The molecule has 0 aromatic heterocycles. The molecule has 0 spiro atoms. The van der Waals surface area contributed by atoms with Gasteiger partial charge in [0, 0.05) is 6.54 Å². The van der Waals surface area contributed by atoms with Crippen molar-refractivity contribution in [1.29, 1.82) is 5.41 Å². The summed E-state index contributed by atoms with van der Waals surface area (Å²) < 4.78 is 25.3. The second-order valence-corrected chi connectivity index (χ2v) is 5.66. The van der Waals surface area contributed by atoms with E-state index in [4.69, 9.17) is 11.1 Å². The van der Waals surface area contributed by atoms with E-state index in [1.807, 2.05) is 6.07 Å². The smallest absolute Gasteiger partial charge is 0.218 e. The lowest BCUT2D eigenvalue weighted by Crippen LogP contribution is -2.38. The molecule has 0 bridgehead atoms.